The van der Waals surface area contributed by atoms with Crippen LogP contribution in [0.5, 0.6) is 0 Å². The SMILES string of the molecule is COC(=O)c1ccc(COC(=O)C23C[C@@H]4C[C@@H](CC(NC(C)=O)(C4)C2)C3)o1. The summed E-state index contributed by atoms with van der Waals surface area (Å²) in [5.74, 6) is 0.591. The molecule has 4 aliphatic carbocycles. The van der Waals surface area contributed by atoms with Crippen molar-refractivity contribution in [2.45, 2.75) is 57.6 Å². The Morgan fingerprint density at radius 2 is 1.89 bits per heavy atom. The molecule has 7 nitrogen and oxygen atoms in total. The summed E-state index contributed by atoms with van der Waals surface area (Å²) in [7, 11) is 1.28. The maximum Gasteiger partial charge on any atom is 0.373 e. The largest absolute Gasteiger partial charge is 0.463 e. The normalized spacial score (nSPS) is 33.6. The molecule has 4 atom stereocenters. The lowest BCUT2D eigenvalue weighted by atomic mass is 9.47. The van der Waals surface area contributed by atoms with Crippen LogP contribution >= 0.6 is 0 Å². The van der Waals surface area contributed by atoms with Crippen LogP contribution in [-0.2, 0) is 25.7 Å². The molecule has 0 aliphatic heterocycles. The molecular weight excluding hydrogens is 350 g/mol. The van der Waals surface area contributed by atoms with Crippen LogP contribution in [-0.4, -0.2) is 30.5 Å². The molecule has 4 saturated carbocycles. The average molecular weight is 375 g/mol. The van der Waals surface area contributed by atoms with Crippen molar-refractivity contribution in [2.24, 2.45) is 17.3 Å². The van der Waals surface area contributed by atoms with Crippen LogP contribution in [0.2, 0.25) is 0 Å². The molecule has 7 heteroatoms. The van der Waals surface area contributed by atoms with E-state index in [0.29, 0.717) is 24.0 Å². The van der Waals surface area contributed by atoms with E-state index in [4.69, 9.17) is 9.15 Å². The monoisotopic (exact) mass is 375 g/mol. The molecule has 2 unspecified atom stereocenters. The number of carbonyl (C=O) groups is 3. The summed E-state index contributed by atoms with van der Waals surface area (Å²) < 4.78 is 15.6. The first-order valence-electron chi connectivity index (χ1n) is 9.46. The molecule has 27 heavy (non-hydrogen) atoms. The van der Waals surface area contributed by atoms with E-state index in [1.54, 1.807) is 13.0 Å². The van der Waals surface area contributed by atoms with Gasteiger partial charge in [-0.1, -0.05) is 0 Å². The average Bonchev–Trinajstić information content (AvgIpc) is 3.05. The molecule has 0 radical (unpaired) electrons. The highest BCUT2D eigenvalue weighted by Gasteiger charge is 2.61. The van der Waals surface area contributed by atoms with E-state index < -0.39 is 11.4 Å². The van der Waals surface area contributed by atoms with E-state index in [2.05, 4.69) is 10.1 Å². The van der Waals surface area contributed by atoms with E-state index in [1.165, 1.54) is 13.2 Å². The summed E-state index contributed by atoms with van der Waals surface area (Å²) >= 11 is 0. The maximum atomic E-state index is 13.0. The first-order valence-corrected chi connectivity index (χ1v) is 9.46. The van der Waals surface area contributed by atoms with Crippen LogP contribution < -0.4 is 5.32 Å². The third kappa shape index (κ3) is 3.24. The smallest absolute Gasteiger partial charge is 0.373 e. The van der Waals surface area contributed by atoms with Crippen LogP contribution in [0.4, 0.5) is 0 Å². The van der Waals surface area contributed by atoms with E-state index in [9.17, 15) is 14.4 Å². The van der Waals surface area contributed by atoms with E-state index in [-0.39, 0.29) is 29.8 Å². The first-order chi connectivity index (χ1) is 12.8. The summed E-state index contributed by atoms with van der Waals surface area (Å²) in [5.41, 5.74) is -0.790. The molecule has 5 rings (SSSR count). The van der Waals surface area contributed by atoms with Gasteiger partial charge in [0.15, 0.2) is 0 Å². The van der Waals surface area contributed by atoms with Crippen LogP contribution in [0, 0.1) is 17.3 Å². The van der Waals surface area contributed by atoms with Crippen molar-refractivity contribution in [1.82, 2.24) is 5.32 Å². The van der Waals surface area contributed by atoms with Gasteiger partial charge in [0.05, 0.1) is 12.5 Å². The van der Waals surface area contributed by atoms with Gasteiger partial charge in [0, 0.05) is 12.5 Å². The molecule has 4 bridgehead atoms. The molecule has 0 aromatic carbocycles. The van der Waals surface area contributed by atoms with Gasteiger partial charge in [-0.05, 0) is 62.5 Å². The fourth-order valence-electron chi connectivity index (χ4n) is 5.98. The van der Waals surface area contributed by atoms with Crippen molar-refractivity contribution in [3.63, 3.8) is 0 Å². The molecule has 1 aromatic heterocycles. The summed E-state index contributed by atoms with van der Waals surface area (Å²) in [6, 6.07) is 3.11. The number of carbonyl (C=O) groups excluding carboxylic acids is 3. The van der Waals surface area contributed by atoms with Gasteiger partial charge in [-0.25, -0.2) is 4.79 Å². The van der Waals surface area contributed by atoms with Crippen molar-refractivity contribution in [1.29, 1.82) is 0 Å². The third-order valence-electron chi connectivity index (χ3n) is 6.33. The Bertz CT molecular complexity index is 767. The minimum absolute atomic E-state index is 0.0138. The van der Waals surface area contributed by atoms with Gasteiger partial charge in [-0.15, -0.1) is 0 Å². The van der Waals surface area contributed by atoms with Crippen molar-refractivity contribution < 1.29 is 28.3 Å². The number of methoxy groups -OCH3 is 1. The van der Waals surface area contributed by atoms with Gasteiger partial charge in [0.1, 0.15) is 12.4 Å². The minimum Gasteiger partial charge on any atom is -0.463 e. The number of rotatable bonds is 5. The lowest BCUT2D eigenvalue weighted by Crippen LogP contribution is -2.64. The highest BCUT2D eigenvalue weighted by atomic mass is 16.6. The van der Waals surface area contributed by atoms with Crippen LogP contribution in [0.3, 0.4) is 0 Å². The zero-order valence-electron chi connectivity index (χ0n) is 15.7. The first kappa shape index (κ1) is 18.1. The highest BCUT2D eigenvalue weighted by Crippen LogP contribution is 2.62. The molecule has 1 heterocycles. The Labute approximate surface area is 157 Å². The molecular formula is C20H25NO6. The van der Waals surface area contributed by atoms with Crippen molar-refractivity contribution in [3.8, 4) is 0 Å². The zero-order chi connectivity index (χ0) is 19.2. The number of hydrogen-bond acceptors (Lipinski definition) is 6. The topological polar surface area (TPSA) is 94.8 Å². The number of esters is 2. The Morgan fingerprint density at radius 3 is 2.52 bits per heavy atom. The van der Waals surface area contributed by atoms with Gasteiger partial charge in [-0.2, -0.15) is 0 Å². The van der Waals surface area contributed by atoms with E-state index in [1.807, 2.05) is 0 Å². The van der Waals surface area contributed by atoms with Gasteiger partial charge in [0.2, 0.25) is 11.7 Å². The van der Waals surface area contributed by atoms with Crippen LogP contribution in [0.15, 0.2) is 16.5 Å². The van der Waals surface area contributed by atoms with Gasteiger partial charge < -0.3 is 19.2 Å². The fourth-order valence-corrected chi connectivity index (χ4v) is 5.98. The van der Waals surface area contributed by atoms with Gasteiger partial charge in [0.25, 0.3) is 0 Å². The van der Waals surface area contributed by atoms with Crippen LogP contribution in [0.1, 0.15) is 61.8 Å². The van der Waals surface area contributed by atoms with E-state index >= 15 is 0 Å². The highest BCUT2D eigenvalue weighted by molar-refractivity contribution is 5.86. The lowest BCUT2D eigenvalue weighted by molar-refractivity contribution is -0.177. The van der Waals surface area contributed by atoms with Gasteiger partial charge in [-0.3, -0.25) is 9.59 Å². The summed E-state index contributed by atoms with van der Waals surface area (Å²) in [4.78, 5) is 36.2. The molecule has 4 aliphatic rings. The predicted octanol–water partition coefficient (Wildman–Crippen LogP) is 2.58. The second-order valence-electron chi connectivity index (χ2n) is 8.54. The third-order valence-corrected chi connectivity index (χ3v) is 6.33. The molecule has 4 fully saturated rings. The summed E-state index contributed by atoms with van der Waals surface area (Å²) in [5, 5.41) is 3.15. The van der Waals surface area contributed by atoms with Crippen molar-refractivity contribution in [2.75, 3.05) is 7.11 Å². The Balaban J connectivity index is 1.46. The van der Waals surface area contributed by atoms with Crippen LogP contribution in [0.25, 0.3) is 0 Å². The van der Waals surface area contributed by atoms with Gasteiger partial charge >= 0.3 is 11.9 Å². The second-order valence-corrected chi connectivity index (χ2v) is 8.54. The Morgan fingerprint density at radius 1 is 1.19 bits per heavy atom. The number of ether oxygens (including phenoxy) is 2. The molecule has 1 N–H and O–H groups in total. The standard InChI is InChI=1S/C20H25NO6/c1-12(22)21-20-8-13-5-14(9-20)7-19(6-13,11-20)18(24)26-10-15-3-4-16(27-15)17(23)25-2/h3-4,13-14H,5-11H2,1-2H3,(H,21,22)/t13-,14+,19?,20?. The maximum absolute atomic E-state index is 13.0. The van der Waals surface area contributed by atoms with Crippen molar-refractivity contribution >= 4 is 17.8 Å². The zero-order valence-corrected chi connectivity index (χ0v) is 15.7. The lowest BCUT2D eigenvalue weighted by Gasteiger charge is -2.60. The number of furan rings is 1. The molecule has 1 amide bonds. The fraction of sp³-hybridized carbons (Fsp3) is 0.650. The molecule has 0 saturated heterocycles. The summed E-state index contributed by atoms with van der Waals surface area (Å²) in [6.07, 6.45) is 5.36. The number of nitrogens with one attached hydrogen (secondary N) is 1. The number of amides is 1. The van der Waals surface area contributed by atoms with Crippen molar-refractivity contribution in [3.05, 3.63) is 23.7 Å². The number of hydrogen-bond donors (Lipinski definition) is 1. The molecule has 0 spiro atoms. The Kier molecular flexibility index (Phi) is 4.28. The Hall–Kier alpha value is -2.31. The predicted molar refractivity (Wildman–Crippen MR) is 93.5 cm³/mol. The second kappa shape index (κ2) is 6.39. The molecule has 1 aromatic rings. The molecule has 146 valence electrons. The summed E-state index contributed by atoms with van der Waals surface area (Å²) in [6.45, 7) is 1.53. The minimum atomic E-state index is -0.564. The quantitative estimate of drug-likeness (QED) is 0.795. The van der Waals surface area contributed by atoms with E-state index in [0.717, 1.165) is 32.1 Å².